The fraction of sp³-hybridized carbons (Fsp3) is 0.800. The zero-order valence-electron chi connectivity index (χ0n) is 11.5. The molecule has 0 aromatic carbocycles. The molecule has 1 aromatic rings. The van der Waals surface area contributed by atoms with Gasteiger partial charge >= 0.3 is 0 Å². The average molecular weight is 277 g/mol. The highest BCUT2D eigenvalue weighted by atomic mass is 32.1. The minimum Gasteiger partial charge on any atom is -0.317 e. The second kappa shape index (κ2) is 4.83. The molecule has 1 spiro atoms. The van der Waals surface area contributed by atoms with Gasteiger partial charge in [-0.1, -0.05) is 0 Å². The molecule has 2 saturated heterocycles. The summed E-state index contributed by atoms with van der Waals surface area (Å²) in [5, 5.41) is 3.50. The van der Waals surface area contributed by atoms with E-state index in [0.29, 0.717) is 5.41 Å². The summed E-state index contributed by atoms with van der Waals surface area (Å²) in [5.41, 5.74) is 4.12. The molecule has 0 unspecified atom stereocenters. The number of rotatable bonds is 3. The Morgan fingerprint density at radius 2 is 2.16 bits per heavy atom. The SMILES string of the molecule is c1nc(C2CC2)c(CN2CCC3(CCNCC3)C2)s1. The van der Waals surface area contributed by atoms with Gasteiger partial charge in [0, 0.05) is 23.9 Å². The van der Waals surface area contributed by atoms with Crippen LogP contribution in [0.5, 0.6) is 0 Å². The number of hydrogen-bond acceptors (Lipinski definition) is 4. The molecule has 4 heteroatoms. The maximum absolute atomic E-state index is 4.61. The molecule has 0 atom stereocenters. The van der Waals surface area contributed by atoms with Crippen LogP contribution in [0.15, 0.2) is 5.51 Å². The van der Waals surface area contributed by atoms with Gasteiger partial charge in [-0.2, -0.15) is 0 Å². The number of hydrogen-bond donors (Lipinski definition) is 1. The number of nitrogens with zero attached hydrogens (tertiary/aromatic N) is 2. The second-order valence-corrected chi connectivity index (χ2v) is 7.59. The second-order valence-electron chi connectivity index (χ2n) is 6.65. The van der Waals surface area contributed by atoms with Crippen LogP contribution in [0, 0.1) is 5.41 Å². The summed E-state index contributed by atoms with van der Waals surface area (Å²) in [6.45, 7) is 6.22. The first-order valence-electron chi connectivity index (χ1n) is 7.70. The first-order valence-corrected chi connectivity index (χ1v) is 8.58. The van der Waals surface area contributed by atoms with Crippen LogP contribution in [0.3, 0.4) is 0 Å². The molecule has 0 radical (unpaired) electrons. The van der Waals surface area contributed by atoms with Crippen molar-refractivity contribution >= 4 is 11.3 Å². The smallest absolute Gasteiger partial charge is 0.0798 e. The molecule has 4 rings (SSSR count). The van der Waals surface area contributed by atoms with E-state index in [2.05, 4.69) is 20.7 Å². The van der Waals surface area contributed by atoms with Crippen molar-refractivity contribution in [1.82, 2.24) is 15.2 Å². The lowest BCUT2D eigenvalue weighted by atomic mass is 9.78. The van der Waals surface area contributed by atoms with Crippen molar-refractivity contribution in [3.63, 3.8) is 0 Å². The Morgan fingerprint density at radius 3 is 2.95 bits per heavy atom. The average Bonchev–Trinajstić information content (AvgIpc) is 3.06. The number of aromatic nitrogens is 1. The summed E-state index contributed by atoms with van der Waals surface area (Å²) >= 11 is 1.87. The van der Waals surface area contributed by atoms with Gasteiger partial charge in [-0.25, -0.2) is 4.98 Å². The van der Waals surface area contributed by atoms with Gasteiger partial charge in [-0.15, -0.1) is 11.3 Å². The standard InChI is InChI=1S/C15H23N3S/c1-2-12(1)14-13(19-11-17-14)9-18-8-5-15(10-18)3-6-16-7-4-15/h11-12,16H,1-10H2. The quantitative estimate of drug-likeness (QED) is 0.920. The van der Waals surface area contributed by atoms with Crippen LogP contribution < -0.4 is 5.32 Å². The molecule has 0 bridgehead atoms. The number of piperidine rings is 1. The van der Waals surface area contributed by atoms with E-state index < -0.39 is 0 Å². The third kappa shape index (κ3) is 2.46. The molecule has 1 aromatic heterocycles. The van der Waals surface area contributed by atoms with Crippen LogP contribution in [0.2, 0.25) is 0 Å². The first kappa shape index (κ1) is 12.3. The highest BCUT2D eigenvalue weighted by molar-refractivity contribution is 7.09. The predicted octanol–water partition coefficient (Wildman–Crippen LogP) is 2.60. The summed E-state index contributed by atoms with van der Waals surface area (Å²) in [5.74, 6) is 0.802. The van der Waals surface area contributed by atoms with Gasteiger partial charge < -0.3 is 5.32 Å². The highest BCUT2D eigenvalue weighted by Crippen LogP contribution is 2.43. The van der Waals surface area contributed by atoms with Crippen molar-refractivity contribution in [1.29, 1.82) is 0 Å². The molecular weight excluding hydrogens is 254 g/mol. The molecule has 3 fully saturated rings. The zero-order chi connectivity index (χ0) is 12.7. The van der Waals surface area contributed by atoms with Crippen LogP contribution in [0.4, 0.5) is 0 Å². The van der Waals surface area contributed by atoms with Crippen molar-refractivity contribution < 1.29 is 0 Å². The molecule has 3 heterocycles. The normalized spacial score (nSPS) is 27.2. The Labute approximate surface area is 119 Å². The summed E-state index contributed by atoms with van der Waals surface area (Å²) in [7, 11) is 0. The monoisotopic (exact) mass is 277 g/mol. The van der Waals surface area contributed by atoms with E-state index in [-0.39, 0.29) is 0 Å². The van der Waals surface area contributed by atoms with Crippen LogP contribution in [0.1, 0.15) is 48.6 Å². The van der Waals surface area contributed by atoms with Crippen molar-refractivity contribution in [2.24, 2.45) is 5.41 Å². The summed E-state index contributed by atoms with van der Waals surface area (Å²) in [4.78, 5) is 8.84. The first-order chi connectivity index (χ1) is 9.35. The van der Waals surface area contributed by atoms with E-state index in [4.69, 9.17) is 0 Å². The van der Waals surface area contributed by atoms with Gasteiger partial charge in [0.1, 0.15) is 0 Å². The zero-order valence-corrected chi connectivity index (χ0v) is 12.3. The molecule has 0 amide bonds. The van der Waals surface area contributed by atoms with E-state index >= 15 is 0 Å². The predicted molar refractivity (Wildman–Crippen MR) is 78.5 cm³/mol. The van der Waals surface area contributed by atoms with Gasteiger partial charge in [-0.05, 0) is 57.2 Å². The van der Waals surface area contributed by atoms with E-state index in [1.807, 2.05) is 11.3 Å². The van der Waals surface area contributed by atoms with Crippen molar-refractivity contribution in [3.05, 3.63) is 16.1 Å². The van der Waals surface area contributed by atoms with Gasteiger partial charge in [0.15, 0.2) is 0 Å². The molecule has 3 nitrogen and oxygen atoms in total. The van der Waals surface area contributed by atoms with Crippen LogP contribution in [0.25, 0.3) is 0 Å². The van der Waals surface area contributed by atoms with E-state index in [1.165, 1.54) is 64.0 Å². The Hall–Kier alpha value is -0.450. The molecule has 3 aliphatic rings. The fourth-order valence-corrected chi connectivity index (χ4v) is 4.71. The van der Waals surface area contributed by atoms with Crippen LogP contribution in [-0.4, -0.2) is 36.1 Å². The molecule has 1 saturated carbocycles. The number of nitrogens with one attached hydrogen (secondary N) is 1. The van der Waals surface area contributed by atoms with Gasteiger partial charge in [0.05, 0.1) is 11.2 Å². The summed E-state index contributed by atoms with van der Waals surface area (Å²) in [6.07, 6.45) is 6.90. The highest BCUT2D eigenvalue weighted by Gasteiger charge is 2.39. The van der Waals surface area contributed by atoms with Crippen LogP contribution >= 0.6 is 11.3 Å². The molecular formula is C15H23N3S. The minimum absolute atomic E-state index is 0.635. The molecule has 1 N–H and O–H groups in total. The largest absolute Gasteiger partial charge is 0.317 e. The minimum atomic E-state index is 0.635. The Balaban J connectivity index is 1.42. The van der Waals surface area contributed by atoms with Gasteiger partial charge in [0.25, 0.3) is 0 Å². The lowest BCUT2D eigenvalue weighted by Crippen LogP contribution is -2.38. The van der Waals surface area contributed by atoms with E-state index in [9.17, 15) is 0 Å². The Morgan fingerprint density at radius 1 is 1.32 bits per heavy atom. The fourth-order valence-electron chi connectivity index (χ4n) is 3.82. The number of thiazole rings is 1. The molecule has 2 aliphatic heterocycles. The summed E-state index contributed by atoms with van der Waals surface area (Å²) < 4.78 is 0. The lowest BCUT2D eigenvalue weighted by molar-refractivity contribution is 0.194. The van der Waals surface area contributed by atoms with Gasteiger partial charge in [-0.3, -0.25) is 4.90 Å². The van der Waals surface area contributed by atoms with Crippen molar-refractivity contribution in [2.75, 3.05) is 26.2 Å². The summed E-state index contributed by atoms with van der Waals surface area (Å²) in [6, 6.07) is 0. The van der Waals surface area contributed by atoms with Crippen LogP contribution in [-0.2, 0) is 6.54 Å². The van der Waals surface area contributed by atoms with Gasteiger partial charge in [0.2, 0.25) is 0 Å². The third-order valence-corrected chi connectivity index (χ3v) is 6.02. The number of likely N-dealkylation sites (tertiary alicyclic amines) is 1. The van der Waals surface area contributed by atoms with E-state index in [1.54, 1.807) is 4.88 Å². The third-order valence-electron chi connectivity index (χ3n) is 5.19. The Kier molecular flexibility index (Phi) is 3.13. The Bertz CT molecular complexity index is 446. The van der Waals surface area contributed by atoms with Crippen molar-refractivity contribution in [2.45, 2.75) is 44.6 Å². The maximum Gasteiger partial charge on any atom is 0.0798 e. The molecule has 19 heavy (non-hydrogen) atoms. The molecule has 104 valence electrons. The lowest BCUT2D eigenvalue weighted by Gasteiger charge is -2.33. The van der Waals surface area contributed by atoms with E-state index in [0.717, 1.165) is 12.5 Å². The molecule has 1 aliphatic carbocycles. The van der Waals surface area contributed by atoms with Crippen molar-refractivity contribution in [3.8, 4) is 0 Å². The maximum atomic E-state index is 4.61. The topological polar surface area (TPSA) is 28.2 Å².